The molecule has 13 heteroatoms. The van der Waals surface area contributed by atoms with Gasteiger partial charge in [-0.1, -0.05) is 0 Å². The second kappa shape index (κ2) is 8.02. The molecule has 2 aromatic rings. The Labute approximate surface area is 167 Å². The van der Waals surface area contributed by atoms with Gasteiger partial charge in [-0.25, -0.2) is 26.0 Å². The Morgan fingerprint density at radius 3 is 2.47 bits per heavy atom. The summed E-state index contributed by atoms with van der Waals surface area (Å²) >= 11 is 0. The van der Waals surface area contributed by atoms with Gasteiger partial charge in [-0.15, -0.1) is 0 Å². The van der Waals surface area contributed by atoms with E-state index in [1.807, 2.05) is 4.72 Å². The number of hydrogen-bond donors (Lipinski definition) is 2. The molecule has 1 aliphatic rings. The van der Waals surface area contributed by atoms with E-state index in [9.17, 15) is 34.8 Å². The molecule has 2 N–H and O–H groups in total. The number of sulfonamides is 1. The van der Waals surface area contributed by atoms with Crippen LogP contribution in [0, 0.1) is 11.6 Å². The van der Waals surface area contributed by atoms with Gasteiger partial charge in [-0.3, -0.25) is 4.72 Å². The van der Waals surface area contributed by atoms with Crippen LogP contribution in [0.25, 0.3) is 0 Å². The maximum atomic E-state index is 14.1. The summed E-state index contributed by atoms with van der Waals surface area (Å²) in [7, 11) is -3.32. The quantitative estimate of drug-likeness (QED) is 0.618. The number of aromatic nitrogens is 1. The molecular weight excluding hydrogens is 442 g/mol. The van der Waals surface area contributed by atoms with Crippen molar-refractivity contribution in [2.24, 2.45) is 0 Å². The largest absolute Gasteiger partial charge is 0.432 e. The number of nitrogens with one attached hydrogen (secondary N) is 2. The first kappa shape index (κ1) is 22.3. The van der Waals surface area contributed by atoms with E-state index in [1.165, 1.54) is 0 Å². The molecule has 1 heterocycles. The molecule has 1 atom stereocenters. The number of benzene rings is 1. The van der Waals surface area contributed by atoms with E-state index in [4.69, 9.17) is 4.74 Å². The highest BCUT2D eigenvalue weighted by Gasteiger charge is 2.45. The summed E-state index contributed by atoms with van der Waals surface area (Å²) < 4.78 is 115. The van der Waals surface area contributed by atoms with Crippen LogP contribution in [0.4, 0.5) is 32.0 Å². The van der Waals surface area contributed by atoms with Crippen molar-refractivity contribution in [2.45, 2.75) is 42.8 Å². The summed E-state index contributed by atoms with van der Waals surface area (Å²) in [5, 5.41) is 0. The summed E-state index contributed by atoms with van der Waals surface area (Å²) in [4.78, 5) is 2.29. The zero-order valence-corrected chi connectivity index (χ0v) is 16.1. The molecule has 0 fully saturated rings. The van der Waals surface area contributed by atoms with Crippen LogP contribution in [-0.2, 0) is 27.6 Å². The standard InChI is InChI=1S/C17H16F6N2O4S/c1-28-17(15(20)21)3-2-8-12(6-17)24-7-14(8)30(26,27)25-11-4-10(19)13(5-9(11)18)29-16(22)23/h4-5,7,15-16,24-25H,2-3,6H2,1H3/t17-/m0/s1. The lowest BCUT2D eigenvalue weighted by atomic mass is 9.84. The maximum absolute atomic E-state index is 14.1. The lowest BCUT2D eigenvalue weighted by Crippen LogP contribution is -2.44. The van der Waals surface area contributed by atoms with E-state index in [0.717, 1.165) is 13.3 Å². The second-order valence-corrected chi connectivity index (χ2v) is 8.25. The molecule has 0 spiro atoms. The molecule has 0 saturated heterocycles. The Kier molecular flexibility index (Phi) is 5.96. The van der Waals surface area contributed by atoms with Gasteiger partial charge >= 0.3 is 6.61 Å². The van der Waals surface area contributed by atoms with Gasteiger partial charge < -0.3 is 14.5 Å². The maximum Gasteiger partial charge on any atom is 0.387 e. The number of methoxy groups -OCH3 is 1. The number of rotatable bonds is 7. The minimum absolute atomic E-state index is 0.0642. The predicted molar refractivity (Wildman–Crippen MR) is 92.4 cm³/mol. The first-order valence-corrected chi connectivity index (χ1v) is 9.96. The average molecular weight is 458 g/mol. The smallest absolute Gasteiger partial charge is 0.387 e. The Bertz CT molecular complexity index is 1040. The number of alkyl halides is 4. The highest BCUT2D eigenvalue weighted by atomic mass is 32.2. The molecule has 0 amide bonds. The SMILES string of the molecule is CO[C@@]1(C(F)F)CCc2c(S(=O)(=O)Nc3cc(F)c(OC(F)F)cc3F)c[nH]c2C1. The molecule has 0 saturated carbocycles. The molecule has 6 nitrogen and oxygen atoms in total. The second-order valence-electron chi connectivity index (χ2n) is 6.60. The fourth-order valence-electron chi connectivity index (χ4n) is 3.31. The Hall–Kier alpha value is -2.41. The molecule has 1 aromatic heterocycles. The van der Waals surface area contributed by atoms with Crippen LogP contribution in [-0.4, -0.2) is 39.1 Å². The van der Waals surface area contributed by atoms with Crippen LogP contribution in [0.3, 0.4) is 0 Å². The third-order valence-electron chi connectivity index (χ3n) is 4.89. The van der Waals surface area contributed by atoms with Crippen molar-refractivity contribution in [3.63, 3.8) is 0 Å². The molecule has 0 aliphatic heterocycles. The number of H-pyrrole nitrogens is 1. The Balaban J connectivity index is 1.89. The lowest BCUT2D eigenvalue weighted by Gasteiger charge is -2.35. The minimum atomic E-state index is -4.46. The van der Waals surface area contributed by atoms with Crippen LogP contribution in [0.1, 0.15) is 17.7 Å². The molecule has 0 unspecified atom stereocenters. The number of aromatic amines is 1. The van der Waals surface area contributed by atoms with Crippen LogP contribution >= 0.6 is 0 Å². The number of fused-ring (bicyclic) bond motifs is 1. The Morgan fingerprint density at radius 1 is 1.17 bits per heavy atom. The highest BCUT2D eigenvalue weighted by molar-refractivity contribution is 7.92. The number of anilines is 1. The average Bonchev–Trinajstić information content (AvgIpc) is 3.08. The zero-order valence-electron chi connectivity index (χ0n) is 15.3. The van der Waals surface area contributed by atoms with Crippen molar-refractivity contribution >= 4 is 15.7 Å². The summed E-state index contributed by atoms with van der Waals surface area (Å²) in [5.74, 6) is -3.85. The van der Waals surface area contributed by atoms with E-state index in [1.54, 1.807) is 0 Å². The van der Waals surface area contributed by atoms with Crippen LogP contribution in [0.15, 0.2) is 23.2 Å². The Morgan fingerprint density at radius 2 is 1.87 bits per heavy atom. The van der Waals surface area contributed by atoms with Gasteiger partial charge in [0.05, 0.1) is 5.69 Å². The fourth-order valence-corrected chi connectivity index (χ4v) is 4.63. The van der Waals surface area contributed by atoms with Crippen molar-refractivity contribution < 1.29 is 44.2 Å². The monoisotopic (exact) mass is 458 g/mol. The highest BCUT2D eigenvalue weighted by Crippen LogP contribution is 2.38. The van der Waals surface area contributed by atoms with Crippen molar-refractivity contribution in [1.29, 1.82) is 0 Å². The zero-order chi connectivity index (χ0) is 22.3. The van der Waals surface area contributed by atoms with Gasteiger partial charge in [-0.05, 0) is 18.4 Å². The third kappa shape index (κ3) is 4.08. The minimum Gasteiger partial charge on any atom is -0.432 e. The van der Waals surface area contributed by atoms with E-state index in [2.05, 4.69) is 9.72 Å². The van der Waals surface area contributed by atoms with Crippen molar-refractivity contribution in [2.75, 3.05) is 11.8 Å². The van der Waals surface area contributed by atoms with E-state index < -0.39 is 51.7 Å². The van der Waals surface area contributed by atoms with Gasteiger partial charge in [0.15, 0.2) is 17.4 Å². The van der Waals surface area contributed by atoms with Gasteiger partial charge in [0.25, 0.3) is 16.4 Å². The summed E-state index contributed by atoms with van der Waals surface area (Å²) in [6.45, 7) is -3.40. The van der Waals surface area contributed by atoms with Gasteiger partial charge in [-0.2, -0.15) is 8.78 Å². The van der Waals surface area contributed by atoms with E-state index in [0.29, 0.717) is 6.07 Å². The normalized spacial score (nSPS) is 19.2. The molecule has 166 valence electrons. The van der Waals surface area contributed by atoms with Crippen LogP contribution < -0.4 is 9.46 Å². The summed E-state index contributed by atoms with van der Waals surface area (Å²) in [5.41, 5.74) is -2.16. The molecule has 0 radical (unpaired) electrons. The molecule has 1 aromatic carbocycles. The summed E-state index contributed by atoms with van der Waals surface area (Å²) in [6, 6.07) is 0.637. The van der Waals surface area contributed by atoms with Gasteiger partial charge in [0, 0.05) is 37.6 Å². The van der Waals surface area contributed by atoms with Crippen molar-refractivity contribution in [3.8, 4) is 5.75 Å². The molecule has 0 bridgehead atoms. The first-order valence-electron chi connectivity index (χ1n) is 8.48. The molecule has 1 aliphatic carbocycles. The summed E-state index contributed by atoms with van der Waals surface area (Å²) in [6.07, 6.45) is -2.24. The first-order chi connectivity index (χ1) is 14.0. The number of ether oxygens (including phenoxy) is 2. The van der Waals surface area contributed by atoms with Crippen LogP contribution in [0.2, 0.25) is 0 Å². The molecule has 30 heavy (non-hydrogen) atoms. The van der Waals surface area contributed by atoms with Gasteiger partial charge in [0.2, 0.25) is 0 Å². The topological polar surface area (TPSA) is 80.4 Å². The van der Waals surface area contributed by atoms with Crippen molar-refractivity contribution in [3.05, 3.63) is 41.2 Å². The number of hydrogen-bond acceptors (Lipinski definition) is 4. The van der Waals surface area contributed by atoms with Crippen molar-refractivity contribution in [1.82, 2.24) is 4.98 Å². The van der Waals surface area contributed by atoms with Crippen LogP contribution in [0.5, 0.6) is 5.75 Å². The number of halogens is 6. The molecular formula is C17H16F6N2O4S. The van der Waals surface area contributed by atoms with E-state index in [-0.39, 0.29) is 41.5 Å². The predicted octanol–water partition coefficient (Wildman–Crippen LogP) is 3.83. The molecule has 3 rings (SSSR count). The van der Waals surface area contributed by atoms with E-state index >= 15 is 0 Å². The fraction of sp³-hybridized carbons (Fsp3) is 0.412. The third-order valence-corrected chi connectivity index (χ3v) is 6.32. The van der Waals surface area contributed by atoms with Gasteiger partial charge in [0.1, 0.15) is 10.5 Å². The lowest BCUT2D eigenvalue weighted by molar-refractivity contribution is -0.128.